The molecule has 2 aromatic heterocycles. The summed E-state index contributed by atoms with van der Waals surface area (Å²) in [4.78, 5) is 23.5. The number of ketones is 1. The van der Waals surface area contributed by atoms with Gasteiger partial charge in [0.15, 0.2) is 12.4 Å². The van der Waals surface area contributed by atoms with Crippen LogP contribution in [0, 0.1) is 0 Å². The van der Waals surface area contributed by atoms with Gasteiger partial charge >= 0.3 is 0 Å². The van der Waals surface area contributed by atoms with Gasteiger partial charge in [0, 0.05) is 6.07 Å². The molecule has 0 unspecified atom stereocenters. The maximum absolute atomic E-state index is 11.8. The molecule has 0 saturated carbocycles. The summed E-state index contributed by atoms with van der Waals surface area (Å²) in [7, 11) is 0. The Kier molecular flexibility index (Phi) is 5.18. The van der Waals surface area contributed by atoms with Gasteiger partial charge in [-0.2, -0.15) is 4.57 Å². The number of halogens is 1. The van der Waals surface area contributed by atoms with E-state index in [0.29, 0.717) is 10.4 Å². The molecule has 0 aliphatic heterocycles. The van der Waals surface area contributed by atoms with E-state index < -0.39 is 5.91 Å². The second kappa shape index (κ2) is 6.42. The molecule has 0 aromatic carbocycles. The zero-order chi connectivity index (χ0) is 12.3. The van der Waals surface area contributed by atoms with Crippen molar-refractivity contribution in [1.82, 2.24) is 0 Å². The van der Waals surface area contributed by atoms with Crippen molar-refractivity contribution in [3.05, 3.63) is 52.5 Å². The summed E-state index contributed by atoms with van der Waals surface area (Å²) in [6, 6.07) is 6.93. The number of carbonyl (C=O) groups is 2. The standard InChI is InChI=1S/C12H10N2O2S.BrH/c13-12(16)9-3-1-5-14(7-9)8-10(15)11-4-2-6-17-11;/h1-7H,8H2,(H-,13,16);1H. The monoisotopic (exact) mass is 326 g/mol. The average Bonchev–Trinajstić information content (AvgIpc) is 2.82. The van der Waals surface area contributed by atoms with Gasteiger partial charge in [-0.3, -0.25) is 9.59 Å². The van der Waals surface area contributed by atoms with E-state index in [1.165, 1.54) is 11.3 Å². The fourth-order valence-corrected chi connectivity index (χ4v) is 2.10. The van der Waals surface area contributed by atoms with Crippen molar-refractivity contribution < 1.29 is 31.1 Å². The smallest absolute Gasteiger partial charge is 0.254 e. The summed E-state index contributed by atoms with van der Waals surface area (Å²) in [6.07, 6.45) is 3.31. The Morgan fingerprint density at radius 3 is 2.67 bits per heavy atom. The topological polar surface area (TPSA) is 64.0 Å². The Morgan fingerprint density at radius 1 is 1.28 bits per heavy atom. The molecule has 18 heavy (non-hydrogen) atoms. The van der Waals surface area contributed by atoms with Crippen LogP contribution in [0.2, 0.25) is 0 Å². The molecular weight excluding hydrogens is 316 g/mol. The molecule has 0 aliphatic carbocycles. The number of hydrogen-bond donors (Lipinski definition) is 1. The normalized spacial score (nSPS) is 9.56. The van der Waals surface area contributed by atoms with Gasteiger partial charge in [0.1, 0.15) is 5.56 Å². The molecule has 6 heteroatoms. The zero-order valence-corrected chi connectivity index (χ0v) is 11.8. The number of Topliss-reactive ketones (excluding diaryl/α,β-unsaturated/α-hetero) is 1. The number of carbonyl (C=O) groups excluding carboxylic acids is 2. The van der Waals surface area contributed by atoms with Crippen molar-refractivity contribution in [3.63, 3.8) is 0 Å². The highest BCUT2D eigenvalue weighted by atomic mass is 79.9. The number of amides is 1. The highest BCUT2D eigenvalue weighted by Crippen LogP contribution is 2.09. The molecule has 0 saturated heterocycles. The van der Waals surface area contributed by atoms with Gasteiger partial charge in [0.25, 0.3) is 5.91 Å². The SMILES string of the molecule is NC(=O)c1ccc[n+](CC(=O)c2cccs2)c1.[Br-]. The summed E-state index contributed by atoms with van der Waals surface area (Å²) in [6.45, 7) is 0.210. The minimum atomic E-state index is -0.497. The van der Waals surface area contributed by atoms with Crippen molar-refractivity contribution in [2.75, 3.05) is 0 Å². The lowest BCUT2D eigenvalue weighted by Gasteiger charge is -1.96. The van der Waals surface area contributed by atoms with Gasteiger partial charge in [0.2, 0.25) is 12.3 Å². The first-order valence-corrected chi connectivity index (χ1v) is 5.90. The summed E-state index contributed by atoms with van der Waals surface area (Å²) >= 11 is 1.41. The van der Waals surface area contributed by atoms with Gasteiger partial charge in [-0.05, 0) is 17.5 Å². The molecule has 94 valence electrons. The first-order chi connectivity index (χ1) is 8.16. The number of nitrogens with zero attached hydrogens (tertiary/aromatic N) is 1. The van der Waals surface area contributed by atoms with E-state index in [1.807, 2.05) is 11.4 Å². The third-order valence-corrected chi connectivity index (χ3v) is 3.18. The quantitative estimate of drug-likeness (QED) is 0.523. The number of nitrogens with two attached hydrogens (primary N) is 1. The maximum Gasteiger partial charge on any atom is 0.254 e. The minimum absolute atomic E-state index is 0. The number of rotatable bonds is 4. The molecule has 2 N–H and O–H groups in total. The average molecular weight is 327 g/mol. The first kappa shape index (κ1) is 14.5. The molecule has 0 fully saturated rings. The van der Waals surface area contributed by atoms with Crippen LogP contribution in [0.25, 0.3) is 0 Å². The van der Waals surface area contributed by atoms with Gasteiger partial charge in [-0.1, -0.05) is 6.07 Å². The van der Waals surface area contributed by atoms with Crippen LogP contribution < -0.4 is 27.3 Å². The molecule has 2 rings (SSSR count). The molecule has 0 radical (unpaired) electrons. The minimum Gasteiger partial charge on any atom is -1.00 e. The summed E-state index contributed by atoms with van der Waals surface area (Å²) < 4.78 is 1.65. The molecule has 2 heterocycles. The van der Waals surface area contributed by atoms with Crippen LogP contribution in [0.15, 0.2) is 42.0 Å². The van der Waals surface area contributed by atoms with E-state index >= 15 is 0 Å². The number of aromatic nitrogens is 1. The zero-order valence-electron chi connectivity index (χ0n) is 9.38. The second-order valence-electron chi connectivity index (χ2n) is 3.53. The Hall–Kier alpha value is -1.53. The third kappa shape index (κ3) is 3.48. The Labute approximate surface area is 119 Å². The van der Waals surface area contributed by atoms with E-state index in [1.54, 1.807) is 35.2 Å². The number of primary amides is 1. The van der Waals surface area contributed by atoms with Crippen LogP contribution in [0.3, 0.4) is 0 Å². The Bertz CT molecular complexity index is 555. The lowest BCUT2D eigenvalue weighted by molar-refractivity contribution is -0.683. The van der Waals surface area contributed by atoms with E-state index in [2.05, 4.69) is 0 Å². The van der Waals surface area contributed by atoms with Crippen molar-refractivity contribution in [1.29, 1.82) is 0 Å². The molecule has 1 amide bonds. The lowest BCUT2D eigenvalue weighted by atomic mass is 10.2. The predicted molar refractivity (Wildman–Crippen MR) is 63.8 cm³/mol. The van der Waals surface area contributed by atoms with Crippen LogP contribution in [-0.2, 0) is 6.54 Å². The van der Waals surface area contributed by atoms with Gasteiger partial charge < -0.3 is 22.7 Å². The van der Waals surface area contributed by atoms with Crippen LogP contribution in [-0.4, -0.2) is 11.7 Å². The molecule has 4 nitrogen and oxygen atoms in total. The molecule has 0 aliphatic rings. The van der Waals surface area contributed by atoms with E-state index in [-0.39, 0.29) is 29.3 Å². The molecule has 0 spiro atoms. The van der Waals surface area contributed by atoms with E-state index in [4.69, 9.17) is 5.73 Å². The summed E-state index contributed by atoms with van der Waals surface area (Å²) in [5.41, 5.74) is 5.57. The highest BCUT2D eigenvalue weighted by molar-refractivity contribution is 7.12. The molecule has 0 bridgehead atoms. The van der Waals surface area contributed by atoms with Crippen LogP contribution in [0.1, 0.15) is 20.0 Å². The fraction of sp³-hybridized carbons (Fsp3) is 0.0833. The number of thiophene rings is 1. The Morgan fingerprint density at radius 2 is 2.06 bits per heavy atom. The predicted octanol–water partition coefficient (Wildman–Crippen LogP) is -1.98. The second-order valence-corrected chi connectivity index (χ2v) is 4.48. The van der Waals surface area contributed by atoms with Crippen LogP contribution in [0.4, 0.5) is 0 Å². The highest BCUT2D eigenvalue weighted by Gasteiger charge is 2.14. The van der Waals surface area contributed by atoms with Crippen molar-refractivity contribution >= 4 is 23.0 Å². The Balaban J connectivity index is 0.00000162. The van der Waals surface area contributed by atoms with Crippen molar-refractivity contribution in [2.24, 2.45) is 5.73 Å². The fourth-order valence-electron chi connectivity index (χ4n) is 1.45. The largest absolute Gasteiger partial charge is 1.00 e. The maximum atomic E-state index is 11.8. The van der Waals surface area contributed by atoms with Crippen LogP contribution >= 0.6 is 11.3 Å². The summed E-state index contributed by atoms with van der Waals surface area (Å²) in [5, 5.41) is 1.86. The van der Waals surface area contributed by atoms with Gasteiger partial charge in [0.05, 0.1) is 4.88 Å². The summed E-state index contributed by atoms with van der Waals surface area (Å²) in [5.74, 6) is -0.477. The lowest BCUT2D eigenvalue weighted by Crippen LogP contribution is -3.00. The van der Waals surface area contributed by atoms with Crippen molar-refractivity contribution in [2.45, 2.75) is 6.54 Å². The third-order valence-electron chi connectivity index (χ3n) is 2.26. The van der Waals surface area contributed by atoms with Crippen LogP contribution in [0.5, 0.6) is 0 Å². The van der Waals surface area contributed by atoms with E-state index in [9.17, 15) is 9.59 Å². The molecule has 0 atom stereocenters. The van der Waals surface area contributed by atoms with E-state index in [0.717, 1.165) is 0 Å². The van der Waals surface area contributed by atoms with Crippen molar-refractivity contribution in [3.8, 4) is 0 Å². The first-order valence-electron chi connectivity index (χ1n) is 5.02. The number of pyridine rings is 1. The van der Waals surface area contributed by atoms with Gasteiger partial charge in [-0.15, -0.1) is 11.3 Å². The number of hydrogen-bond acceptors (Lipinski definition) is 3. The molecular formula is C12H11BrN2O2S. The van der Waals surface area contributed by atoms with Gasteiger partial charge in [-0.25, -0.2) is 0 Å². The molecule has 2 aromatic rings.